The third kappa shape index (κ3) is 4.35. The lowest BCUT2D eigenvalue weighted by Gasteiger charge is -2.14. The summed E-state index contributed by atoms with van der Waals surface area (Å²) in [6, 6.07) is 3.42. The highest BCUT2D eigenvalue weighted by Gasteiger charge is 2.11. The van der Waals surface area contributed by atoms with Crippen molar-refractivity contribution in [1.82, 2.24) is 0 Å². The Labute approximate surface area is 116 Å². The second kappa shape index (κ2) is 7.76. The average molecular weight is 327 g/mol. The Morgan fingerprint density at radius 3 is 2.29 bits per heavy atom. The van der Waals surface area contributed by atoms with E-state index in [2.05, 4.69) is 15.9 Å². The summed E-state index contributed by atoms with van der Waals surface area (Å²) in [5.41, 5.74) is 6.68. The molecule has 1 aromatic carbocycles. The van der Waals surface area contributed by atoms with E-state index in [1.54, 1.807) is 14.2 Å². The van der Waals surface area contributed by atoms with Crippen molar-refractivity contribution in [1.29, 1.82) is 0 Å². The van der Waals surface area contributed by atoms with Crippen molar-refractivity contribution < 1.29 is 14.6 Å². The molecule has 0 spiro atoms. The van der Waals surface area contributed by atoms with Gasteiger partial charge in [-0.2, -0.15) is 0 Å². The smallest absolute Gasteiger partial charge is 0.161 e. The van der Waals surface area contributed by atoms with E-state index in [-0.39, 0.29) is 25.1 Å². The first-order valence-electron chi connectivity index (χ1n) is 4.89. The van der Waals surface area contributed by atoms with E-state index < -0.39 is 0 Å². The van der Waals surface area contributed by atoms with Gasteiger partial charge in [0.05, 0.1) is 20.8 Å². The van der Waals surface area contributed by atoms with E-state index in [0.29, 0.717) is 17.9 Å². The number of aliphatic hydroxyl groups is 1. The van der Waals surface area contributed by atoms with Gasteiger partial charge < -0.3 is 20.3 Å². The van der Waals surface area contributed by atoms with Gasteiger partial charge >= 0.3 is 0 Å². The van der Waals surface area contributed by atoms with Crippen LogP contribution in [0.25, 0.3) is 0 Å². The summed E-state index contributed by atoms with van der Waals surface area (Å²) in [5, 5.41) is 8.92. The number of halogens is 2. The Kier molecular flexibility index (Phi) is 7.54. The normalized spacial score (nSPS) is 11.6. The summed E-state index contributed by atoms with van der Waals surface area (Å²) in [4.78, 5) is 0. The molecule has 0 aliphatic carbocycles. The Balaban J connectivity index is 0.00000256. The highest BCUT2D eigenvalue weighted by molar-refractivity contribution is 9.10. The summed E-state index contributed by atoms with van der Waals surface area (Å²) in [5.74, 6) is 1.32. The van der Waals surface area contributed by atoms with Crippen molar-refractivity contribution in [3.05, 3.63) is 22.2 Å². The van der Waals surface area contributed by atoms with E-state index in [0.717, 1.165) is 10.0 Å². The van der Waals surface area contributed by atoms with Crippen LogP contribution < -0.4 is 15.2 Å². The van der Waals surface area contributed by atoms with E-state index in [4.69, 9.17) is 20.3 Å². The zero-order valence-corrected chi connectivity index (χ0v) is 12.2. The van der Waals surface area contributed by atoms with Crippen LogP contribution in [0.4, 0.5) is 0 Å². The SMILES string of the molecule is COc1cc(Br)c(CC(N)CO)cc1OC.Cl. The molecule has 0 radical (unpaired) electrons. The number of aliphatic hydroxyl groups excluding tert-OH is 1. The molecular formula is C11H17BrClNO3. The highest BCUT2D eigenvalue weighted by atomic mass is 79.9. The lowest BCUT2D eigenvalue weighted by molar-refractivity contribution is 0.265. The number of rotatable bonds is 5. The molecule has 17 heavy (non-hydrogen) atoms. The van der Waals surface area contributed by atoms with Crippen LogP contribution in [0.15, 0.2) is 16.6 Å². The Morgan fingerprint density at radius 2 is 1.82 bits per heavy atom. The maximum atomic E-state index is 8.92. The second-order valence-electron chi connectivity index (χ2n) is 3.45. The van der Waals surface area contributed by atoms with Crippen LogP contribution in [-0.4, -0.2) is 32.0 Å². The Morgan fingerprint density at radius 1 is 1.29 bits per heavy atom. The summed E-state index contributed by atoms with van der Waals surface area (Å²) < 4.78 is 11.3. The van der Waals surface area contributed by atoms with Gasteiger partial charge in [-0.3, -0.25) is 0 Å². The molecule has 0 saturated carbocycles. The fourth-order valence-corrected chi connectivity index (χ4v) is 1.88. The van der Waals surface area contributed by atoms with Crippen molar-refractivity contribution in [2.45, 2.75) is 12.5 Å². The molecule has 0 amide bonds. The van der Waals surface area contributed by atoms with Crippen LogP contribution in [0.5, 0.6) is 11.5 Å². The van der Waals surface area contributed by atoms with Crippen molar-refractivity contribution in [2.75, 3.05) is 20.8 Å². The van der Waals surface area contributed by atoms with Gasteiger partial charge in [-0.05, 0) is 24.1 Å². The van der Waals surface area contributed by atoms with Gasteiger partial charge in [-0.15, -0.1) is 12.4 Å². The third-order valence-electron chi connectivity index (χ3n) is 2.27. The summed E-state index contributed by atoms with van der Waals surface area (Å²) in [6.07, 6.45) is 0.581. The minimum Gasteiger partial charge on any atom is -0.493 e. The number of hydrogen-bond donors (Lipinski definition) is 2. The molecular weight excluding hydrogens is 309 g/mol. The van der Waals surface area contributed by atoms with Gasteiger partial charge in [0.1, 0.15) is 0 Å². The molecule has 1 rings (SSSR count). The van der Waals surface area contributed by atoms with Crippen molar-refractivity contribution >= 4 is 28.3 Å². The van der Waals surface area contributed by atoms with Crippen LogP contribution in [0.3, 0.4) is 0 Å². The van der Waals surface area contributed by atoms with Gasteiger partial charge in [0.2, 0.25) is 0 Å². The molecule has 98 valence electrons. The number of ether oxygens (including phenoxy) is 2. The first kappa shape index (κ1) is 16.5. The first-order chi connectivity index (χ1) is 7.62. The molecule has 0 bridgehead atoms. The van der Waals surface area contributed by atoms with E-state index >= 15 is 0 Å². The molecule has 0 aliphatic heterocycles. The Bertz CT molecular complexity index is 363. The molecule has 1 aromatic rings. The molecule has 1 atom stereocenters. The molecule has 6 heteroatoms. The lowest BCUT2D eigenvalue weighted by Crippen LogP contribution is -2.27. The summed E-state index contributed by atoms with van der Waals surface area (Å²) >= 11 is 3.44. The van der Waals surface area contributed by atoms with Crippen LogP contribution in [0.2, 0.25) is 0 Å². The number of methoxy groups -OCH3 is 2. The molecule has 0 saturated heterocycles. The maximum absolute atomic E-state index is 8.92. The molecule has 0 heterocycles. The quantitative estimate of drug-likeness (QED) is 0.865. The fraction of sp³-hybridized carbons (Fsp3) is 0.455. The van der Waals surface area contributed by atoms with Crippen LogP contribution >= 0.6 is 28.3 Å². The average Bonchev–Trinajstić information content (AvgIpc) is 2.30. The van der Waals surface area contributed by atoms with Gasteiger partial charge in [-0.1, -0.05) is 15.9 Å². The predicted octanol–water partition coefficient (Wildman–Crippen LogP) is 1.75. The van der Waals surface area contributed by atoms with Gasteiger partial charge in [0.15, 0.2) is 11.5 Å². The highest BCUT2D eigenvalue weighted by Crippen LogP contribution is 2.33. The summed E-state index contributed by atoms with van der Waals surface area (Å²) in [6.45, 7) is -0.0409. The fourth-order valence-electron chi connectivity index (χ4n) is 1.40. The van der Waals surface area contributed by atoms with Gasteiger partial charge in [-0.25, -0.2) is 0 Å². The standard InChI is InChI=1S/C11H16BrNO3.ClH/c1-15-10-4-7(3-8(13)6-14)9(12)5-11(10)16-2;/h4-5,8,14H,3,6,13H2,1-2H3;1H. The van der Waals surface area contributed by atoms with Crippen molar-refractivity contribution in [2.24, 2.45) is 5.73 Å². The van der Waals surface area contributed by atoms with Crippen LogP contribution in [0.1, 0.15) is 5.56 Å². The molecule has 0 fully saturated rings. The van der Waals surface area contributed by atoms with Crippen molar-refractivity contribution in [3.8, 4) is 11.5 Å². The van der Waals surface area contributed by atoms with E-state index in [9.17, 15) is 0 Å². The topological polar surface area (TPSA) is 64.7 Å². The maximum Gasteiger partial charge on any atom is 0.161 e. The third-order valence-corrected chi connectivity index (χ3v) is 3.01. The van der Waals surface area contributed by atoms with E-state index in [1.807, 2.05) is 12.1 Å². The zero-order valence-electron chi connectivity index (χ0n) is 9.77. The van der Waals surface area contributed by atoms with Crippen LogP contribution in [-0.2, 0) is 6.42 Å². The predicted molar refractivity (Wildman–Crippen MR) is 73.3 cm³/mol. The molecule has 4 nitrogen and oxygen atoms in total. The van der Waals surface area contributed by atoms with Gasteiger partial charge in [0.25, 0.3) is 0 Å². The first-order valence-corrected chi connectivity index (χ1v) is 5.68. The lowest BCUT2D eigenvalue weighted by atomic mass is 10.1. The summed E-state index contributed by atoms with van der Waals surface area (Å²) in [7, 11) is 3.17. The number of nitrogens with two attached hydrogens (primary N) is 1. The van der Waals surface area contributed by atoms with Crippen LogP contribution in [0, 0.1) is 0 Å². The molecule has 3 N–H and O–H groups in total. The minimum absolute atomic E-state index is 0. The number of benzene rings is 1. The van der Waals surface area contributed by atoms with Crippen molar-refractivity contribution in [3.63, 3.8) is 0 Å². The molecule has 0 aromatic heterocycles. The monoisotopic (exact) mass is 325 g/mol. The second-order valence-corrected chi connectivity index (χ2v) is 4.30. The molecule has 0 aliphatic rings. The minimum atomic E-state index is -0.269. The van der Waals surface area contributed by atoms with Gasteiger partial charge in [0, 0.05) is 10.5 Å². The largest absolute Gasteiger partial charge is 0.493 e. The zero-order chi connectivity index (χ0) is 12.1. The van der Waals surface area contributed by atoms with E-state index in [1.165, 1.54) is 0 Å². The Hall–Kier alpha value is -0.490. The molecule has 1 unspecified atom stereocenters. The number of hydrogen-bond acceptors (Lipinski definition) is 4.